The van der Waals surface area contributed by atoms with Crippen molar-refractivity contribution in [3.8, 4) is 5.75 Å². The summed E-state index contributed by atoms with van der Waals surface area (Å²) >= 11 is 6.30. The molecule has 174 valence electrons. The van der Waals surface area contributed by atoms with Gasteiger partial charge in [-0.1, -0.05) is 37.6 Å². The fourth-order valence-corrected chi connectivity index (χ4v) is 5.59. The Kier molecular flexibility index (Phi) is 7.85. The van der Waals surface area contributed by atoms with Crippen LogP contribution in [0.3, 0.4) is 0 Å². The van der Waals surface area contributed by atoms with Crippen LogP contribution in [0.15, 0.2) is 41.3 Å². The van der Waals surface area contributed by atoms with Crippen LogP contribution in [0, 0.1) is 13.8 Å². The molecule has 8 heteroatoms. The number of carbonyl (C=O) groups is 1. The first kappa shape index (κ1) is 24.6. The number of amides is 1. The lowest BCUT2D eigenvalue weighted by atomic mass is 10.1. The Labute approximate surface area is 196 Å². The van der Waals surface area contributed by atoms with Crippen LogP contribution in [0.5, 0.6) is 5.75 Å². The van der Waals surface area contributed by atoms with E-state index in [9.17, 15) is 13.2 Å². The highest BCUT2D eigenvalue weighted by molar-refractivity contribution is 7.89. The maximum absolute atomic E-state index is 13.2. The summed E-state index contributed by atoms with van der Waals surface area (Å²) in [4.78, 5) is 15.0. The first-order valence-corrected chi connectivity index (χ1v) is 12.8. The molecule has 2 aromatic rings. The molecular formula is C24H31ClN2O4S. The highest BCUT2D eigenvalue weighted by Crippen LogP contribution is 2.27. The molecule has 0 saturated carbocycles. The Balaban J connectivity index is 1.72. The number of hydrogen-bond acceptors (Lipinski definition) is 4. The van der Waals surface area contributed by atoms with Crippen LogP contribution in [-0.4, -0.2) is 55.8 Å². The van der Waals surface area contributed by atoms with Crippen molar-refractivity contribution in [3.05, 3.63) is 58.1 Å². The van der Waals surface area contributed by atoms with Crippen molar-refractivity contribution in [1.29, 1.82) is 0 Å². The molecule has 1 heterocycles. The van der Waals surface area contributed by atoms with Crippen LogP contribution < -0.4 is 4.74 Å². The number of sulfonamides is 1. The lowest BCUT2D eigenvalue weighted by Gasteiger charge is -2.33. The van der Waals surface area contributed by atoms with Crippen LogP contribution in [-0.2, 0) is 10.0 Å². The van der Waals surface area contributed by atoms with Crippen molar-refractivity contribution in [2.24, 2.45) is 0 Å². The highest BCUT2D eigenvalue weighted by atomic mass is 35.5. The fourth-order valence-electron chi connectivity index (χ4n) is 3.90. The normalized spacial score (nSPS) is 15.2. The van der Waals surface area contributed by atoms with Gasteiger partial charge in [0.05, 0.1) is 15.5 Å². The number of piperidine rings is 1. The van der Waals surface area contributed by atoms with E-state index in [-0.39, 0.29) is 27.5 Å². The van der Waals surface area contributed by atoms with Crippen LogP contribution >= 0.6 is 11.6 Å². The minimum absolute atomic E-state index is 0.0319. The molecule has 32 heavy (non-hydrogen) atoms. The van der Waals surface area contributed by atoms with Crippen LogP contribution in [0.2, 0.25) is 5.02 Å². The third-order valence-corrected chi connectivity index (χ3v) is 8.25. The molecule has 0 atom stereocenters. The minimum atomic E-state index is -3.67. The van der Waals surface area contributed by atoms with Gasteiger partial charge in [-0.15, -0.1) is 0 Å². The molecule has 0 spiro atoms. The van der Waals surface area contributed by atoms with Crippen molar-refractivity contribution < 1.29 is 17.9 Å². The molecule has 6 nitrogen and oxygen atoms in total. The Morgan fingerprint density at radius 3 is 2.38 bits per heavy atom. The third-order valence-electron chi connectivity index (χ3n) is 5.88. The molecule has 0 radical (unpaired) electrons. The molecule has 3 rings (SSSR count). The second-order valence-electron chi connectivity index (χ2n) is 8.11. The zero-order valence-corrected chi connectivity index (χ0v) is 20.7. The first-order valence-electron chi connectivity index (χ1n) is 11.0. The third kappa shape index (κ3) is 5.27. The Hall–Kier alpha value is -2.09. The van der Waals surface area contributed by atoms with Crippen molar-refractivity contribution in [3.63, 3.8) is 0 Å². The average molecular weight is 479 g/mol. The molecule has 2 aromatic carbocycles. The summed E-state index contributed by atoms with van der Waals surface area (Å²) in [6, 6.07) is 10.5. The highest BCUT2D eigenvalue weighted by Gasteiger charge is 2.28. The number of ether oxygens (including phenoxy) is 1. The van der Waals surface area contributed by atoms with Gasteiger partial charge in [-0.05, 0) is 49.2 Å². The quantitative estimate of drug-likeness (QED) is 0.580. The summed E-state index contributed by atoms with van der Waals surface area (Å²) in [7, 11) is -3.67. The number of halogens is 1. The van der Waals surface area contributed by atoms with Gasteiger partial charge in [0.15, 0.2) is 0 Å². The Morgan fingerprint density at radius 2 is 1.75 bits per heavy atom. The van der Waals surface area contributed by atoms with Gasteiger partial charge in [0.1, 0.15) is 11.9 Å². The van der Waals surface area contributed by atoms with Gasteiger partial charge >= 0.3 is 0 Å². The van der Waals surface area contributed by atoms with E-state index in [0.29, 0.717) is 39.0 Å². The molecule has 0 bridgehead atoms. The van der Waals surface area contributed by atoms with Gasteiger partial charge in [-0.3, -0.25) is 4.79 Å². The Bertz CT molecular complexity index is 1080. The molecule has 0 aromatic heterocycles. The molecule has 0 unspecified atom stereocenters. The summed E-state index contributed by atoms with van der Waals surface area (Å²) in [5.74, 6) is 0.629. The maximum atomic E-state index is 13.2. The standard InChI is InChI=1S/C24H31ClN2O4S/c1-5-27(6-2)32(29,30)20-9-10-22(25)21(16-20)24(28)26-13-11-19(12-14-26)31-23-15-17(3)7-8-18(23)4/h7-10,15-16,19H,5-6,11-14H2,1-4H3. The molecule has 1 saturated heterocycles. The minimum Gasteiger partial charge on any atom is -0.490 e. The zero-order chi connectivity index (χ0) is 23.5. The second-order valence-corrected chi connectivity index (χ2v) is 10.5. The van der Waals surface area contributed by atoms with E-state index >= 15 is 0 Å². The first-order chi connectivity index (χ1) is 15.2. The molecule has 1 aliphatic heterocycles. The molecular weight excluding hydrogens is 448 g/mol. The van der Waals surface area contributed by atoms with Gasteiger partial charge in [0, 0.05) is 39.0 Å². The SMILES string of the molecule is CCN(CC)S(=O)(=O)c1ccc(Cl)c(C(=O)N2CCC(Oc3cc(C)ccc3C)CC2)c1. The lowest BCUT2D eigenvalue weighted by Crippen LogP contribution is -2.42. The van der Waals surface area contributed by atoms with Crippen molar-refractivity contribution in [2.75, 3.05) is 26.2 Å². The smallest absolute Gasteiger partial charge is 0.255 e. The van der Waals surface area contributed by atoms with E-state index in [1.807, 2.05) is 26.0 Å². The van der Waals surface area contributed by atoms with Crippen molar-refractivity contribution in [2.45, 2.75) is 51.5 Å². The molecule has 1 aliphatic rings. The van der Waals surface area contributed by atoms with Gasteiger partial charge in [0.25, 0.3) is 5.91 Å². The predicted octanol–water partition coefficient (Wildman–Crippen LogP) is 4.67. The van der Waals surface area contributed by atoms with E-state index < -0.39 is 10.0 Å². The van der Waals surface area contributed by atoms with Crippen molar-refractivity contribution >= 4 is 27.5 Å². The number of rotatable bonds is 7. The van der Waals surface area contributed by atoms with E-state index in [0.717, 1.165) is 16.9 Å². The van der Waals surface area contributed by atoms with Gasteiger partial charge in [0.2, 0.25) is 10.0 Å². The van der Waals surface area contributed by atoms with Crippen LogP contribution in [0.1, 0.15) is 48.2 Å². The van der Waals surface area contributed by atoms with Gasteiger partial charge in [-0.25, -0.2) is 8.42 Å². The molecule has 1 amide bonds. The van der Waals surface area contributed by atoms with Crippen molar-refractivity contribution in [1.82, 2.24) is 9.21 Å². The average Bonchev–Trinajstić information content (AvgIpc) is 2.77. The van der Waals surface area contributed by atoms with Gasteiger partial charge in [-0.2, -0.15) is 4.31 Å². The summed E-state index contributed by atoms with van der Waals surface area (Å²) < 4.78 is 33.3. The second kappa shape index (κ2) is 10.2. The number of likely N-dealkylation sites (tertiary alicyclic amines) is 1. The largest absolute Gasteiger partial charge is 0.490 e. The number of aryl methyl sites for hydroxylation is 2. The topological polar surface area (TPSA) is 66.9 Å². The predicted molar refractivity (Wildman–Crippen MR) is 127 cm³/mol. The van der Waals surface area contributed by atoms with E-state index in [1.165, 1.54) is 22.5 Å². The monoisotopic (exact) mass is 478 g/mol. The number of benzene rings is 2. The number of carbonyl (C=O) groups excluding carboxylic acids is 1. The number of hydrogen-bond donors (Lipinski definition) is 0. The Morgan fingerprint density at radius 1 is 1.09 bits per heavy atom. The zero-order valence-electron chi connectivity index (χ0n) is 19.1. The van der Waals surface area contributed by atoms with E-state index in [1.54, 1.807) is 18.7 Å². The van der Waals surface area contributed by atoms with E-state index in [4.69, 9.17) is 16.3 Å². The summed E-state index contributed by atoms with van der Waals surface area (Å²) in [5.41, 5.74) is 2.45. The molecule has 0 aliphatic carbocycles. The number of nitrogens with zero attached hydrogens (tertiary/aromatic N) is 2. The molecule has 0 N–H and O–H groups in total. The fraction of sp³-hybridized carbons (Fsp3) is 0.458. The maximum Gasteiger partial charge on any atom is 0.255 e. The summed E-state index contributed by atoms with van der Waals surface area (Å²) in [6.07, 6.45) is 1.44. The summed E-state index contributed by atoms with van der Waals surface area (Å²) in [6.45, 7) is 9.40. The molecule has 1 fully saturated rings. The van der Waals surface area contributed by atoms with Crippen LogP contribution in [0.4, 0.5) is 0 Å². The van der Waals surface area contributed by atoms with E-state index in [2.05, 4.69) is 6.07 Å². The lowest BCUT2D eigenvalue weighted by molar-refractivity contribution is 0.0594. The summed E-state index contributed by atoms with van der Waals surface area (Å²) in [5, 5.41) is 0.252. The van der Waals surface area contributed by atoms with Crippen LogP contribution in [0.25, 0.3) is 0 Å². The van der Waals surface area contributed by atoms with Gasteiger partial charge < -0.3 is 9.64 Å².